The van der Waals surface area contributed by atoms with Crippen LogP contribution in [0.25, 0.3) is 6.08 Å². The Balaban J connectivity index is 1.77. The number of carbonyl (C=O) groups is 2. The van der Waals surface area contributed by atoms with E-state index in [0.717, 1.165) is 12.0 Å². The summed E-state index contributed by atoms with van der Waals surface area (Å²) in [6.45, 7) is 1.75. The highest BCUT2D eigenvalue weighted by molar-refractivity contribution is 5.94. The van der Waals surface area contributed by atoms with Crippen molar-refractivity contribution in [1.82, 2.24) is 0 Å². The van der Waals surface area contributed by atoms with Gasteiger partial charge in [0.1, 0.15) is 0 Å². The molecule has 4 nitrogen and oxygen atoms in total. The van der Waals surface area contributed by atoms with Crippen molar-refractivity contribution in [3.05, 3.63) is 71.8 Å². The lowest BCUT2D eigenvalue weighted by Gasteiger charge is -2.06. The van der Waals surface area contributed by atoms with Crippen molar-refractivity contribution in [2.75, 3.05) is 11.9 Å². The molecule has 1 N–H and O–H groups in total. The summed E-state index contributed by atoms with van der Waals surface area (Å²) in [5.74, 6) is -0.916. The average molecular weight is 309 g/mol. The quantitative estimate of drug-likeness (QED) is 0.657. The van der Waals surface area contributed by atoms with Gasteiger partial charge in [0.2, 0.25) is 0 Å². The number of hydrogen-bond acceptors (Lipinski definition) is 3. The lowest BCUT2D eigenvalue weighted by Crippen LogP contribution is -2.20. The molecule has 0 aromatic heterocycles. The molecule has 0 bridgehead atoms. The summed E-state index contributed by atoms with van der Waals surface area (Å²) in [5, 5.41) is 2.68. The van der Waals surface area contributed by atoms with Gasteiger partial charge in [0.15, 0.2) is 6.61 Å². The second-order valence-electron chi connectivity index (χ2n) is 4.95. The molecule has 0 aliphatic carbocycles. The molecule has 2 aromatic rings. The lowest BCUT2D eigenvalue weighted by molar-refractivity contribution is -0.142. The largest absolute Gasteiger partial charge is 0.452 e. The van der Waals surface area contributed by atoms with Crippen LogP contribution in [0.5, 0.6) is 0 Å². The van der Waals surface area contributed by atoms with Gasteiger partial charge in [-0.3, -0.25) is 4.79 Å². The van der Waals surface area contributed by atoms with E-state index in [1.165, 1.54) is 11.6 Å². The van der Waals surface area contributed by atoms with Gasteiger partial charge in [0, 0.05) is 11.8 Å². The van der Waals surface area contributed by atoms with E-state index in [1.807, 2.05) is 54.6 Å². The van der Waals surface area contributed by atoms with Crippen LogP contribution in [0.1, 0.15) is 18.1 Å². The third-order valence-electron chi connectivity index (χ3n) is 3.20. The fraction of sp³-hybridized carbons (Fsp3) is 0.158. The van der Waals surface area contributed by atoms with Crippen LogP contribution in [0.4, 0.5) is 5.69 Å². The number of anilines is 1. The van der Waals surface area contributed by atoms with Crippen molar-refractivity contribution in [2.45, 2.75) is 13.3 Å². The van der Waals surface area contributed by atoms with Crippen molar-refractivity contribution < 1.29 is 14.3 Å². The first kappa shape index (κ1) is 16.5. The van der Waals surface area contributed by atoms with Crippen molar-refractivity contribution in [3.8, 4) is 0 Å². The minimum atomic E-state index is -0.551. The zero-order chi connectivity index (χ0) is 16.5. The maximum atomic E-state index is 11.7. The third-order valence-corrected chi connectivity index (χ3v) is 3.20. The van der Waals surface area contributed by atoms with Crippen LogP contribution < -0.4 is 5.32 Å². The summed E-state index contributed by atoms with van der Waals surface area (Å²) < 4.78 is 4.90. The van der Waals surface area contributed by atoms with Crippen molar-refractivity contribution in [2.24, 2.45) is 0 Å². The predicted molar refractivity (Wildman–Crippen MR) is 90.9 cm³/mol. The molecule has 23 heavy (non-hydrogen) atoms. The van der Waals surface area contributed by atoms with E-state index >= 15 is 0 Å². The highest BCUT2D eigenvalue weighted by Gasteiger charge is 2.05. The van der Waals surface area contributed by atoms with Crippen LogP contribution in [0.2, 0.25) is 0 Å². The van der Waals surface area contributed by atoms with Gasteiger partial charge in [-0.05, 0) is 35.8 Å². The van der Waals surface area contributed by atoms with Gasteiger partial charge in [-0.25, -0.2) is 4.79 Å². The number of carbonyl (C=O) groups excluding carboxylic acids is 2. The molecule has 0 heterocycles. The number of amides is 1. The maximum absolute atomic E-state index is 11.7. The molecule has 2 rings (SSSR count). The Labute approximate surface area is 135 Å². The van der Waals surface area contributed by atoms with Gasteiger partial charge in [0.05, 0.1) is 0 Å². The molecule has 2 aromatic carbocycles. The van der Waals surface area contributed by atoms with Crippen LogP contribution in [-0.2, 0) is 20.7 Å². The van der Waals surface area contributed by atoms with Crippen LogP contribution >= 0.6 is 0 Å². The summed E-state index contributed by atoms with van der Waals surface area (Å²) in [5.41, 5.74) is 2.77. The Bertz CT molecular complexity index is 676. The molecule has 0 unspecified atom stereocenters. The normalized spacial score (nSPS) is 10.5. The van der Waals surface area contributed by atoms with Gasteiger partial charge in [0.25, 0.3) is 5.91 Å². The van der Waals surface area contributed by atoms with Crippen molar-refractivity contribution >= 4 is 23.6 Å². The number of rotatable bonds is 6. The van der Waals surface area contributed by atoms with Crippen LogP contribution in [-0.4, -0.2) is 18.5 Å². The first-order valence-electron chi connectivity index (χ1n) is 7.46. The second-order valence-corrected chi connectivity index (χ2v) is 4.95. The molecule has 0 saturated heterocycles. The zero-order valence-corrected chi connectivity index (χ0v) is 13.0. The summed E-state index contributed by atoms with van der Waals surface area (Å²) in [6.07, 6.45) is 3.89. The van der Waals surface area contributed by atoms with Crippen molar-refractivity contribution in [3.63, 3.8) is 0 Å². The number of esters is 1. The fourth-order valence-corrected chi connectivity index (χ4v) is 1.93. The number of hydrogen-bond donors (Lipinski definition) is 1. The van der Waals surface area contributed by atoms with Gasteiger partial charge in [-0.15, -0.1) is 0 Å². The third kappa shape index (κ3) is 5.79. The van der Waals surface area contributed by atoms with Crippen LogP contribution in [0, 0.1) is 0 Å². The van der Waals surface area contributed by atoms with E-state index in [9.17, 15) is 9.59 Å². The van der Waals surface area contributed by atoms with E-state index < -0.39 is 5.97 Å². The van der Waals surface area contributed by atoms with E-state index in [1.54, 1.807) is 6.08 Å². The molecular weight excluding hydrogens is 290 g/mol. The molecule has 0 radical (unpaired) electrons. The Kier molecular flexibility index (Phi) is 6.12. The maximum Gasteiger partial charge on any atom is 0.331 e. The fourth-order valence-electron chi connectivity index (χ4n) is 1.93. The molecule has 1 amide bonds. The van der Waals surface area contributed by atoms with Gasteiger partial charge < -0.3 is 10.1 Å². The number of benzene rings is 2. The van der Waals surface area contributed by atoms with Crippen LogP contribution in [0.3, 0.4) is 0 Å². The molecule has 0 atom stereocenters. The second kappa shape index (κ2) is 8.54. The highest BCUT2D eigenvalue weighted by Crippen LogP contribution is 2.09. The predicted octanol–water partition coefficient (Wildman–Crippen LogP) is 3.44. The molecule has 0 aliphatic rings. The zero-order valence-electron chi connectivity index (χ0n) is 13.0. The minimum Gasteiger partial charge on any atom is -0.452 e. The summed E-state index contributed by atoms with van der Waals surface area (Å²) in [4.78, 5) is 23.3. The molecule has 0 aliphatic heterocycles. The van der Waals surface area contributed by atoms with E-state index in [-0.39, 0.29) is 12.5 Å². The average Bonchev–Trinajstić information content (AvgIpc) is 2.60. The van der Waals surface area contributed by atoms with E-state index in [4.69, 9.17) is 4.74 Å². The highest BCUT2D eigenvalue weighted by atomic mass is 16.5. The Morgan fingerprint density at radius 2 is 1.74 bits per heavy atom. The van der Waals surface area contributed by atoms with Gasteiger partial charge >= 0.3 is 5.97 Å². The van der Waals surface area contributed by atoms with Crippen molar-refractivity contribution in [1.29, 1.82) is 0 Å². The Morgan fingerprint density at radius 1 is 1.04 bits per heavy atom. The smallest absolute Gasteiger partial charge is 0.331 e. The minimum absolute atomic E-state index is 0.312. The van der Waals surface area contributed by atoms with Crippen LogP contribution in [0.15, 0.2) is 60.7 Å². The van der Waals surface area contributed by atoms with E-state index in [2.05, 4.69) is 12.2 Å². The summed E-state index contributed by atoms with van der Waals surface area (Å²) in [6, 6.07) is 16.9. The number of ether oxygens (including phenoxy) is 1. The molecule has 0 fully saturated rings. The summed E-state index contributed by atoms with van der Waals surface area (Å²) in [7, 11) is 0. The number of nitrogens with one attached hydrogen (secondary N) is 1. The monoisotopic (exact) mass is 309 g/mol. The Morgan fingerprint density at radius 3 is 2.39 bits per heavy atom. The molecule has 0 spiro atoms. The summed E-state index contributed by atoms with van der Waals surface area (Å²) >= 11 is 0. The lowest BCUT2D eigenvalue weighted by atomic mass is 10.1. The first-order valence-corrected chi connectivity index (χ1v) is 7.46. The Hall–Kier alpha value is -2.88. The van der Waals surface area contributed by atoms with E-state index in [0.29, 0.717) is 5.69 Å². The topological polar surface area (TPSA) is 55.4 Å². The number of aryl methyl sites for hydroxylation is 1. The standard InChI is InChI=1S/C19H19NO3/c1-2-15-8-11-17(12-9-15)20-18(21)14-23-19(22)13-10-16-6-4-3-5-7-16/h3-13H,2,14H2,1H3,(H,20,21)/b13-10+. The molecule has 4 heteroatoms. The molecule has 118 valence electrons. The molecule has 0 saturated carbocycles. The van der Waals surface area contributed by atoms with Gasteiger partial charge in [-0.2, -0.15) is 0 Å². The first-order chi connectivity index (χ1) is 11.2. The SMILES string of the molecule is CCc1ccc(NC(=O)COC(=O)/C=C/c2ccccc2)cc1. The molecular formula is C19H19NO3. The van der Waals surface area contributed by atoms with Gasteiger partial charge in [-0.1, -0.05) is 49.4 Å².